The van der Waals surface area contributed by atoms with Gasteiger partial charge in [0.15, 0.2) is 0 Å². The van der Waals surface area contributed by atoms with E-state index >= 15 is 0 Å². The van der Waals surface area contributed by atoms with Crippen molar-refractivity contribution in [3.63, 3.8) is 0 Å². The first kappa shape index (κ1) is 17.1. The molecule has 0 saturated carbocycles. The number of aromatic amines is 2. The topological polar surface area (TPSA) is 94.2 Å². The largest absolute Gasteiger partial charge is 0.356 e. The number of imidazole rings is 1. The molecule has 1 aliphatic heterocycles. The maximum absolute atomic E-state index is 12.9. The van der Waals surface area contributed by atoms with Crippen LogP contribution in [-0.4, -0.2) is 62.3 Å². The van der Waals surface area contributed by atoms with Crippen molar-refractivity contribution in [1.82, 2.24) is 24.3 Å². The van der Waals surface area contributed by atoms with E-state index in [-0.39, 0.29) is 17.5 Å². The summed E-state index contributed by atoms with van der Waals surface area (Å²) in [6.45, 7) is 2.21. The summed E-state index contributed by atoms with van der Waals surface area (Å²) >= 11 is 0. The molecule has 0 radical (unpaired) electrons. The maximum atomic E-state index is 12.9. The third kappa shape index (κ3) is 3.38. The number of rotatable bonds is 2. The molecule has 27 heavy (non-hydrogen) atoms. The van der Waals surface area contributed by atoms with E-state index in [2.05, 4.69) is 9.97 Å². The minimum absolute atomic E-state index is 0.00350. The van der Waals surface area contributed by atoms with Crippen LogP contribution >= 0.6 is 0 Å². The van der Waals surface area contributed by atoms with Crippen LogP contribution in [0.5, 0.6) is 0 Å². The zero-order valence-corrected chi connectivity index (χ0v) is 15.1. The van der Waals surface area contributed by atoms with Crippen molar-refractivity contribution >= 4 is 22.8 Å². The maximum Gasteiger partial charge on any atom is 0.323 e. The highest BCUT2D eigenvalue weighted by molar-refractivity contribution is 5.97. The van der Waals surface area contributed by atoms with Gasteiger partial charge in [-0.2, -0.15) is 0 Å². The molecule has 140 valence electrons. The molecule has 4 rings (SSSR count). The Balaban J connectivity index is 1.47. The predicted molar refractivity (Wildman–Crippen MR) is 101 cm³/mol. The van der Waals surface area contributed by atoms with Crippen molar-refractivity contribution in [1.29, 1.82) is 0 Å². The second-order valence-corrected chi connectivity index (χ2v) is 6.84. The molecule has 3 heterocycles. The van der Waals surface area contributed by atoms with Gasteiger partial charge in [-0.05, 0) is 30.7 Å². The normalized spacial score (nSPS) is 15.1. The molecular formula is C19H21N5O3. The summed E-state index contributed by atoms with van der Waals surface area (Å²) in [4.78, 5) is 45.8. The quantitative estimate of drug-likeness (QED) is 0.712. The van der Waals surface area contributed by atoms with E-state index in [1.807, 2.05) is 30.1 Å². The average Bonchev–Trinajstić information content (AvgIpc) is 3.16. The summed E-state index contributed by atoms with van der Waals surface area (Å²) in [5.74, 6) is -0.0934. The Bertz CT molecular complexity index is 1060. The van der Waals surface area contributed by atoms with Crippen LogP contribution in [0.3, 0.4) is 0 Å². The molecule has 0 spiro atoms. The summed E-state index contributed by atoms with van der Waals surface area (Å²) in [6, 6.07) is 6.94. The zero-order chi connectivity index (χ0) is 19.0. The van der Waals surface area contributed by atoms with Crippen LogP contribution in [-0.2, 0) is 7.05 Å². The summed E-state index contributed by atoms with van der Waals surface area (Å²) < 4.78 is 1.85. The lowest BCUT2D eigenvalue weighted by Gasteiger charge is -2.22. The van der Waals surface area contributed by atoms with Gasteiger partial charge in [0, 0.05) is 51.2 Å². The van der Waals surface area contributed by atoms with Gasteiger partial charge >= 0.3 is 5.69 Å². The van der Waals surface area contributed by atoms with E-state index in [1.54, 1.807) is 28.0 Å². The number of amides is 2. The fourth-order valence-corrected chi connectivity index (χ4v) is 3.48. The van der Waals surface area contributed by atoms with Crippen molar-refractivity contribution in [2.75, 3.05) is 26.2 Å². The highest BCUT2D eigenvalue weighted by atomic mass is 16.2. The number of nitrogens with zero attached hydrogens (tertiary/aromatic N) is 3. The Morgan fingerprint density at radius 1 is 0.889 bits per heavy atom. The van der Waals surface area contributed by atoms with Gasteiger partial charge in [-0.1, -0.05) is 0 Å². The third-order valence-electron chi connectivity index (χ3n) is 4.91. The van der Waals surface area contributed by atoms with Crippen LogP contribution < -0.4 is 5.69 Å². The van der Waals surface area contributed by atoms with E-state index in [4.69, 9.17) is 0 Å². The number of benzene rings is 1. The average molecular weight is 367 g/mol. The van der Waals surface area contributed by atoms with E-state index in [0.717, 1.165) is 6.42 Å². The van der Waals surface area contributed by atoms with E-state index in [9.17, 15) is 14.4 Å². The number of carbonyl (C=O) groups excluding carboxylic acids is 2. The van der Waals surface area contributed by atoms with Crippen molar-refractivity contribution < 1.29 is 9.59 Å². The number of aromatic nitrogens is 3. The minimum Gasteiger partial charge on any atom is -0.356 e. The number of hydrogen-bond acceptors (Lipinski definition) is 3. The Hall–Kier alpha value is -3.29. The molecule has 8 heteroatoms. The van der Waals surface area contributed by atoms with Crippen molar-refractivity contribution in [3.8, 4) is 0 Å². The molecule has 0 unspecified atom stereocenters. The smallest absolute Gasteiger partial charge is 0.323 e. The summed E-state index contributed by atoms with van der Waals surface area (Å²) in [7, 11) is 1.88. The number of aryl methyl sites for hydroxylation is 1. The standard InChI is InChI=1S/C19H21N5O3/c1-22-8-5-14(12-22)18(26)24-7-2-6-23(9-10-24)17(25)13-3-4-15-16(11-13)21-19(27)20-15/h3-5,8,11-12H,2,6-7,9-10H2,1H3,(H2,20,21,27). The molecule has 1 aromatic carbocycles. The van der Waals surface area contributed by atoms with Crippen LogP contribution in [0.2, 0.25) is 0 Å². The number of H-pyrrole nitrogens is 2. The monoisotopic (exact) mass is 367 g/mol. The molecule has 1 saturated heterocycles. The van der Waals surface area contributed by atoms with Crippen LogP contribution in [0.25, 0.3) is 11.0 Å². The fraction of sp³-hybridized carbons (Fsp3) is 0.316. The summed E-state index contributed by atoms with van der Waals surface area (Å²) in [6.07, 6.45) is 4.39. The summed E-state index contributed by atoms with van der Waals surface area (Å²) in [5.41, 5.74) is 2.19. The van der Waals surface area contributed by atoms with Gasteiger partial charge in [-0.15, -0.1) is 0 Å². The Labute approximate surface area is 155 Å². The molecule has 1 fully saturated rings. The van der Waals surface area contributed by atoms with E-state index < -0.39 is 0 Å². The van der Waals surface area contributed by atoms with Crippen molar-refractivity contribution in [2.24, 2.45) is 7.05 Å². The van der Waals surface area contributed by atoms with Gasteiger partial charge in [0.25, 0.3) is 11.8 Å². The Kier molecular flexibility index (Phi) is 4.31. The second-order valence-electron chi connectivity index (χ2n) is 6.84. The van der Waals surface area contributed by atoms with Crippen molar-refractivity contribution in [2.45, 2.75) is 6.42 Å². The molecule has 2 amide bonds. The zero-order valence-electron chi connectivity index (χ0n) is 15.1. The SMILES string of the molecule is Cn1ccc(C(=O)N2CCCN(C(=O)c3ccc4[nH]c(=O)[nH]c4c3)CC2)c1. The first-order valence-electron chi connectivity index (χ1n) is 8.94. The lowest BCUT2D eigenvalue weighted by molar-refractivity contribution is 0.0719. The molecule has 0 atom stereocenters. The Morgan fingerprint density at radius 3 is 2.22 bits per heavy atom. The van der Waals surface area contributed by atoms with Gasteiger partial charge in [-0.25, -0.2) is 4.79 Å². The van der Waals surface area contributed by atoms with Gasteiger partial charge in [0.05, 0.1) is 16.6 Å². The highest BCUT2D eigenvalue weighted by Gasteiger charge is 2.24. The molecule has 3 aromatic rings. The highest BCUT2D eigenvalue weighted by Crippen LogP contribution is 2.15. The van der Waals surface area contributed by atoms with Gasteiger partial charge in [0.2, 0.25) is 0 Å². The minimum atomic E-state index is -0.292. The van der Waals surface area contributed by atoms with Crippen LogP contribution in [0, 0.1) is 0 Å². The Morgan fingerprint density at radius 2 is 1.56 bits per heavy atom. The molecule has 0 aliphatic carbocycles. The predicted octanol–water partition coefficient (Wildman–Crippen LogP) is 1.18. The van der Waals surface area contributed by atoms with Crippen LogP contribution in [0.15, 0.2) is 41.5 Å². The first-order valence-corrected chi connectivity index (χ1v) is 8.94. The van der Waals surface area contributed by atoms with Crippen LogP contribution in [0.1, 0.15) is 27.1 Å². The van der Waals surface area contributed by atoms with E-state index in [0.29, 0.717) is 48.3 Å². The van der Waals surface area contributed by atoms with Gasteiger partial charge < -0.3 is 24.3 Å². The lowest BCUT2D eigenvalue weighted by Crippen LogP contribution is -2.37. The lowest BCUT2D eigenvalue weighted by atomic mass is 10.1. The summed E-state index contributed by atoms with van der Waals surface area (Å²) in [5, 5.41) is 0. The molecule has 8 nitrogen and oxygen atoms in total. The third-order valence-corrected chi connectivity index (χ3v) is 4.91. The molecule has 0 bridgehead atoms. The van der Waals surface area contributed by atoms with Gasteiger partial charge in [-0.3, -0.25) is 9.59 Å². The molecular weight excluding hydrogens is 346 g/mol. The molecule has 1 aliphatic rings. The van der Waals surface area contributed by atoms with E-state index in [1.165, 1.54) is 0 Å². The number of fused-ring (bicyclic) bond motifs is 1. The second kappa shape index (κ2) is 6.79. The number of nitrogens with one attached hydrogen (secondary N) is 2. The van der Waals surface area contributed by atoms with Crippen molar-refractivity contribution in [3.05, 3.63) is 58.3 Å². The molecule has 2 aromatic heterocycles. The van der Waals surface area contributed by atoms with Crippen LogP contribution in [0.4, 0.5) is 0 Å². The number of carbonyl (C=O) groups is 2. The molecule has 2 N–H and O–H groups in total. The number of hydrogen-bond donors (Lipinski definition) is 2. The van der Waals surface area contributed by atoms with Gasteiger partial charge in [0.1, 0.15) is 0 Å². The first-order chi connectivity index (χ1) is 13.0. The fourth-order valence-electron chi connectivity index (χ4n) is 3.48.